The average molecular weight is 289 g/mol. The molecule has 1 aromatic carbocycles. The molecule has 0 bridgehead atoms. The van der Waals surface area contributed by atoms with Gasteiger partial charge in [-0.25, -0.2) is 4.79 Å². The molecule has 5 heteroatoms. The Kier molecular flexibility index (Phi) is 2.71. The van der Waals surface area contributed by atoms with Crippen LogP contribution in [-0.4, -0.2) is 10.7 Å². The molecule has 0 atom stereocenters. The van der Waals surface area contributed by atoms with Crippen LogP contribution in [-0.2, 0) is 4.79 Å². The van der Waals surface area contributed by atoms with Gasteiger partial charge in [0.15, 0.2) is 0 Å². The second-order valence-corrected chi connectivity index (χ2v) is 4.25. The second kappa shape index (κ2) is 3.87. The van der Waals surface area contributed by atoms with Gasteiger partial charge in [0.25, 0.3) is 0 Å². The van der Waals surface area contributed by atoms with Crippen LogP contribution in [0.5, 0.6) is 0 Å². The van der Waals surface area contributed by atoms with Crippen molar-refractivity contribution in [2.75, 3.05) is 0 Å². The Morgan fingerprint density at radius 3 is 2.87 bits per heavy atom. The molecule has 0 fully saturated rings. The predicted octanol–water partition coefficient (Wildman–Crippen LogP) is 3.03. The van der Waals surface area contributed by atoms with Crippen LogP contribution >= 0.6 is 27.5 Å². The van der Waals surface area contributed by atoms with E-state index in [0.717, 1.165) is 15.4 Å². The number of rotatable bonds is 1. The highest BCUT2D eigenvalue weighted by Crippen LogP contribution is 2.31. The molecule has 3 nitrogen and oxygen atoms in total. The van der Waals surface area contributed by atoms with E-state index in [2.05, 4.69) is 15.9 Å². The van der Waals surface area contributed by atoms with Gasteiger partial charge < -0.3 is 4.84 Å². The molecule has 0 radical (unpaired) electrons. The molecule has 0 aliphatic heterocycles. The van der Waals surface area contributed by atoms with E-state index in [4.69, 9.17) is 16.4 Å². The minimum atomic E-state index is -0.369. The van der Waals surface area contributed by atoms with Gasteiger partial charge in [-0.1, -0.05) is 11.6 Å². The SMILES string of the molecule is CC(=O)On1ccc2c(Cl)c(Br)ccc21. The van der Waals surface area contributed by atoms with Gasteiger partial charge >= 0.3 is 5.97 Å². The number of aromatic nitrogens is 1. The van der Waals surface area contributed by atoms with Crippen LogP contribution in [0.1, 0.15) is 6.92 Å². The lowest BCUT2D eigenvalue weighted by molar-refractivity contribution is -0.140. The molecule has 0 aliphatic carbocycles. The number of benzene rings is 1. The Bertz CT molecular complexity index is 535. The van der Waals surface area contributed by atoms with E-state index in [-0.39, 0.29) is 5.97 Å². The average Bonchev–Trinajstić information content (AvgIpc) is 2.55. The van der Waals surface area contributed by atoms with Crippen molar-refractivity contribution in [2.45, 2.75) is 6.92 Å². The maximum absolute atomic E-state index is 10.8. The lowest BCUT2D eigenvalue weighted by Crippen LogP contribution is -2.14. The molecule has 2 rings (SSSR count). The summed E-state index contributed by atoms with van der Waals surface area (Å²) in [6.45, 7) is 1.35. The van der Waals surface area contributed by atoms with Crippen molar-refractivity contribution < 1.29 is 9.63 Å². The summed E-state index contributed by atoms with van der Waals surface area (Å²) in [7, 11) is 0. The summed E-state index contributed by atoms with van der Waals surface area (Å²) in [6, 6.07) is 5.43. The summed E-state index contributed by atoms with van der Waals surface area (Å²) in [5.41, 5.74) is 0.762. The highest BCUT2D eigenvalue weighted by atomic mass is 79.9. The Hall–Kier alpha value is -1.000. The third kappa shape index (κ3) is 1.87. The molecule has 0 saturated heterocycles. The Morgan fingerprint density at radius 2 is 2.20 bits per heavy atom. The Morgan fingerprint density at radius 1 is 1.47 bits per heavy atom. The van der Waals surface area contributed by atoms with Gasteiger partial charge in [-0.3, -0.25) is 0 Å². The van der Waals surface area contributed by atoms with Gasteiger partial charge in [0, 0.05) is 23.0 Å². The minimum Gasteiger partial charge on any atom is -0.337 e. The summed E-state index contributed by atoms with van der Waals surface area (Å²) in [5.74, 6) is -0.369. The van der Waals surface area contributed by atoms with E-state index in [1.807, 2.05) is 12.1 Å². The van der Waals surface area contributed by atoms with Gasteiger partial charge in [0.2, 0.25) is 0 Å². The quantitative estimate of drug-likeness (QED) is 0.807. The topological polar surface area (TPSA) is 31.2 Å². The second-order valence-electron chi connectivity index (χ2n) is 3.02. The Labute approximate surface area is 99.7 Å². The predicted molar refractivity (Wildman–Crippen MR) is 61.9 cm³/mol. The number of carbonyl (C=O) groups excluding carboxylic acids is 1. The van der Waals surface area contributed by atoms with E-state index in [1.165, 1.54) is 11.7 Å². The summed E-state index contributed by atoms with van der Waals surface area (Å²) < 4.78 is 2.22. The zero-order valence-corrected chi connectivity index (χ0v) is 10.2. The number of carbonyl (C=O) groups is 1. The fourth-order valence-electron chi connectivity index (χ4n) is 1.35. The standard InChI is InChI=1S/C10H7BrClNO2/c1-6(14)15-13-5-4-7-9(13)3-2-8(11)10(7)12/h2-5H,1H3. The van der Waals surface area contributed by atoms with Crippen LogP contribution in [0, 0.1) is 0 Å². The van der Waals surface area contributed by atoms with Crippen LogP contribution in [0.25, 0.3) is 10.9 Å². The van der Waals surface area contributed by atoms with Gasteiger partial charge in [0.1, 0.15) is 0 Å². The minimum absolute atomic E-state index is 0.369. The van der Waals surface area contributed by atoms with Crippen LogP contribution < -0.4 is 4.84 Å². The zero-order chi connectivity index (χ0) is 11.0. The summed E-state index contributed by atoms with van der Waals surface area (Å²) in [6.07, 6.45) is 1.66. The molecule has 0 amide bonds. The van der Waals surface area contributed by atoms with E-state index in [9.17, 15) is 4.79 Å². The molecule has 78 valence electrons. The van der Waals surface area contributed by atoms with Crippen molar-refractivity contribution in [1.29, 1.82) is 0 Å². The highest BCUT2D eigenvalue weighted by molar-refractivity contribution is 9.10. The maximum atomic E-state index is 10.8. The molecule has 0 aliphatic rings. The third-order valence-electron chi connectivity index (χ3n) is 1.95. The van der Waals surface area contributed by atoms with Crippen molar-refractivity contribution in [1.82, 2.24) is 4.73 Å². The van der Waals surface area contributed by atoms with Crippen LogP contribution in [0.2, 0.25) is 5.02 Å². The van der Waals surface area contributed by atoms with E-state index in [0.29, 0.717) is 5.02 Å². The van der Waals surface area contributed by atoms with Crippen LogP contribution in [0.4, 0.5) is 0 Å². The first-order valence-corrected chi connectivity index (χ1v) is 5.40. The van der Waals surface area contributed by atoms with E-state index >= 15 is 0 Å². The summed E-state index contributed by atoms with van der Waals surface area (Å²) in [4.78, 5) is 15.8. The van der Waals surface area contributed by atoms with Crippen molar-refractivity contribution >= 4 is 44.4 Å². The number of hydrogen-bond donors (Lipinski definition) is 0. The van der Waals surface area contributed by atoms with E-state index < -0.39 is 0 Å². The fourth-order valence-corrected chi connectivity index (χ4v) is 1.92. The molecule has 0 unspecified atom stereocenters. The van der Waals surface area contributed by atoms with Crippen LogP contribution in [0.15, 0.2) is 28.9 Å². The normalized spacial score (nSPS) is 10.6. The number of nitrogens with zero attached hydrogens (tertiary/aromatic N) is 1. The third-order valence-corrected chi connectivity index (χ3v) is 3.25. The molecule has 2 aromatic rings. The first kappa shape index (κ1) is 10.5. The molecule has 15 heavy (non-hydrogen) atoms. The van der Waals surface area contributed by atoms with E-state index in [1.54, 1.807) is 12.3 Å². The lowest BCUT2D eigenvalue weighted by Gasteiger charge is -2.04. The summed E-state index contributed by atoms with van der Waals surface area (Å²) >= 11 is 9.40. The largest absolute Gasteiger partial charge is 0.337 e. The monoisotopic (exact) mass is 287 g/mol. The number of hydrogen-bond acceptors (Lipinski definition) is 2. The van der Waals surface area contributed by atoms with Gasteiger partial charge in [-0.2, -0.15) is 4.73 Å². The first-order valence-electron chi connectivity index (χ1n) is 4.23. The molecule has 1 heterocycles. The summed E-state index contributed by atoms with van der Waals surface area (Å²) in [5, 5.41) is 1.45. The van der Waals surface area contributed by atoms with Crippen molar-refractivity contribution in [3.8, 4) is 0 Å². The molecule has 0 spiro atoms. The lowest BCUT2D eigenvalue weighted by atomic mass is 10.2. The first-order chi connectivity index (χ1) is 7.09. The number of fused-ring (bicyclic) bond motifs is 1. The van der Waals surface area contributed by atoms with Crippen molar-refractivity contribution in [3.63, 3.8) is 0 Å². The molecular formula is C10H7BrClNO2. The molecule has 0 saturated carbocycles. The van der Waals surface area contributed by atoms with Gasteiger partial charge in [0.05, 0.1) is 10.5 Å². The Balaban J connectivity index is 2.61. The molecule has 0 N–H and O–H groups in total. The van der Waals surface area contributed by atoms with Gasteiger partial charge in [-0.05, 0) is 34.1 Å². The fraction of sp³-hybridized carbons (Fsp3) is 0.100. The van der Waals surface area contributed by atoms with Crippen LogP contribution in [0.3, 0.4) is 0 Å². The van der Waals surface area contributed by atoms with Crippen molar-refractivity contribution in [2.24, 2.45) is 0 Å². The number of halogens is 2. The maximum Gasteiger partial charge on any atom is 0.329 e. The molecular weight excluding hydrogens is 281 g/mol. The zero-order valence-electron chi connectivity index (χ0n) is 7.83. The van der Waals surface area contributed by atoms with Crippen molar-refractivity contribution in [3.05, 3.63) is 33.9 Å². The highest BCUT2D eigenvalue weighted by Gasteiger charge is 2.08. The smallest absolute Gasteiger partial charge is 0.329 e. The molecule has 1 aromatic heterocycles. The van der Waals surface area contributed by atoms with Gasteiger partial charge in [-0.15, -0.1) is 0 Å².